The molecule has 0 bridgehead atoms. The number of aromatic amines is 1. The Morgan fingerprint density at radius 3 is 2.59 bits per heavy atom. The van der Waals surface area contributed by atoms with Gasteiger partial charge < -0.3 is 9.72 Å². The van der Waals surface area contributed by atoms with Gasteiger partial charge in [-0.05, 0) is 34.9 Å². The van der Waals surface area contributed by atoms with E-state index in [2.05, 4.69) is 46.4 Å². The number of halogens is 1. The van der Waals surface area contributed by atoms with Gasteiger partial charge in [-0.1, -0.05) is 20.8 Å². The largest absolute Gasteiger partial charge is 0.384 e. The maximum atomic E-state index is 11.8. The highest BCUT2D eigenvalue weighted by Gasteiger charge is 2.14. The highest BCUT2D eigenvalue weighted by atomic mass is 127. The molecule has 0 aliphatic rings. The number of methoxy groups -OCH3 is 1. The zero-order valence-electron chi connectivity index (χ0n) is 10.7. The molecular weight excluding hydrogens is 331 g/mol. The summed E-state index contributed by atoms with van der Waals surface area (Å²) in [6.07, 6.45) is 0.828. The topological polar surface area (TPSA) is 55.0 Å². The summed E-state index contributed by atoms with van der Waals surface area (Å²) in [7, 11) is 1.65. The van der Waals surface area contributed by atoms with E-state index in [1.54, 1.807) is 7.11 Å². The zero-order valence-corrected chi connectivity index (χ0v) is 12.9. The average Bonchev–Trinajstić information content (AvgIpc) is 2.24. The summed E-state index contributed by atoms with van der Waals surface area (Å²) in [5.41, 5.74) is 0.844. The molecule has 0 saturated heterocycles. The van der Waals surface area contributed by atoms with Crippen LogP contribution in [0.4, 0.5) is 0 Å². The summed E-state index contributed by atoms with van der Waals surface area (Å²) in [6, 6.07) is 0. The van der Waals surface area contributed by atoms with Gasteiger partial charge >= 0.3 is 0 Å². The maximum absolute atomic E-state index is 11.8. The highest BCUT2D eigenvalue weighted by Crippen LogP contribution is 2.14. The Labute approximate surface area is 115 Å². The third-order valence-corrected chi connectivity index (χ3v) is 3.55. The van der Waals surface area contributed by atoms with Crippen molar-refractivity contribution in [3.63, 3.8) is 0 Å². The van der Waals surface area contributed by atoms with E-state index in [0.717, 1.165) is 12.1 Å². The minimum atomic E-state index is -0.0470. The Hall–Kier alpha value is -0.430. The van der Waals surface area contributed by atoms with Gasteiger partial charge in [0.05, 0.1) is 15.9 Å². The van der Waals surface area contributed by atoms with E-state index in [0.29, 0.717) is 21.9 Å². The van der Waals surface area contributed by atoms with Gasteiger partial charge in [-0.25, -0.2) is 4.98 Å². The van der Waals surface area contributed by atoms with Crippen molar-refractivity contribution in [2.45, 2.75) is 33.1 Å². The van der Waals surface area contributed by atoms with Gasteiger partial charge in [-0.15, -0.1) is 0 Å². The molecule has 0 radical (unpaired) electrons. The Balaban J connectivity index is 3.09. The molecule has 1 N–H and O–H groups in total. The quantitative estimate of drug-likeness (QED) is 0.830. The second-order valence-corrected chi connectivity index (χ2v) is 5.74. The number of nitrogens with zero attached hydrogens (tertiary/aromatic N) is 1. The summed E-state index contributed by atoms with van der Waals surface area (Å²) in [6.45, 7) is 6.80. The van der Waals surface area contributed by atoms with Crippen LogP contribution in [0.25, 0.3) is 0 Å². The molecule has 96 valence electrons. The van der Waals surface area contributed by atoms with Crippen molar-refractivity contribution < 1.29 is 4.74 Å². The SMILES string of the molecule is COCC(C)c1nc(CC(C)C)c(I)c(=O)[nH]1. The van der Waals surface area contributed by atoms with Crippen LogP contribution < -0.4 is 5.56 Å². The predicted molar refractivity (Wildman–Crippen MR) is 76.4 cm³/mol. The fourth-order valence-corrected chi connectivity index (χ4v) is 2.08. The monoisotopic (exact) mass is 350 g/mol. The van der Waals surface area contributed by atoms with E-state index in [1.165, 1.54) is 0 Å². The fourth-order valence-electron chi connectivity index (χ4n) is 1.61. The van der Waals surface area contributed by atoms with Crippen LogP contribution in [-0.2, 0) is 11.2 Å². The predicted octanol–water partition coefficient (Wildman–Crippen LogP) is 2.32. The zero-order chi connectivity index (χ0) is 13.0. The lowest BCUT2D eigenvalue weighted by Crippen LogP contribution is -2.21. The maximum Gasteiger partial charge on any atom is 0.264 e. The third kappa shape index (κ3) is 4.06. The molecule has 0 aliphatic carbocycles. The van der Waals surface area contributed by atoms with Gasteiger partial charge in [-0.3, -0.25) is 4.79 Å². The van der Waals surface area contributed by atoms with Crippen LogP contribution in [0.5, 0.6) is 0 Å². The van der Waals surface area contributed by atoms with Gasteiger partial charge in [0.2, 0.25) is 0 Å². The highest BCUT2D eigenvalue weighted by molar-refractivity contribution is 14.1. The molecule has 0 aromatic carbocycles. The van der Waals surface area contributed by atoms with Crippen molar-refractivity contribution in [1.29, 1.82) is 0 Å². The molecule has 0 saturated carbocycles. The van der Waals surface area contributed by atoms with E-state index in [4.69, 9.17) is 4.74 Å². The Kier molecular flexibility index (Phi) is 5.58. The number of aromatic nitrogens is 2. The second-order valence-electron chi connectivity index (χ2n) is 4.67. The first-order valence-corrected chi connectivity index (χ1v) is 6.81. The van der Waals surface area contributed by atoms with Crippen molar-refractivity contribution in [1.82, 2.24) is 9.97 Å². The first-order chi connectivity index (χ1) is 7.95. The number of rotatable bonds is 5. The number of hydrogen-bond donors (Lipinski definition) is 1. The van der Waals surface area contributed by atoms with Gasteiger partial charge in [0, 0.05) is 13.0 Å². The fraction of sp³-hybridized carbons (Fsp3) is 0.667. The lowest BCUT2D eigenvalue weighted by Gasteiger charge is -2.13. The van der Waals surface area contributed by atoms with Gasteiger partial charge in [0.15, 0.2) is 0 Å². The van der Waals surface area contributed by atoms with Gasteiger partial charge in [0.1, 0.15) is 5.82 Å². The normalized spacial score (nSPS) is 13.1. The summed E-state index contributed by atoms with van der Waals surface area (Å²) < 4.78 is 5.78. The number of ether oxygens (including phenoxy) is 1. The molecule has 17 heavy (non-hydrogen) atoms. The van der Waals surface area contributed by atoms with Crippen LogP contribution in [0.3, 0.4) is 0 Å². The summed E-state index contributed by atoms with van der Waals surface area (Å²) >= 11 is 2.06. The van der Waals surface area contributed by atoms with E-state index in [9.17, 15) is 4.79 Å². The van der Waals surface area contributed by atoms with Crippen LogP contribution in [0.15, 0.2) is 4.79 Å². The molecule has 4 nitrogen and oxygen atoms in total. The van der Waals surface area contributed by atoms with E-state index in [1.807, 2.05) is 6.92 Å². The first kappa shape index (κ1) is 14.6. The lowest BCUT2D eigenvalue weighted by atomic mass is 10.1. The summed E-state index contributed by atoms with van der Waals surface area (Å²) in [4.78, 5) is 19.2. The molecule has 1 unspecified atom stereocenters. The molecule has 1 atom stereocenters. The van der Waals surface area contributed by atoms with Crippen molar-refractivity contribution in [3.8, 4) is 0 Å². The van der Waals surface area contributed by atoms with Gasteiger partial charge in [0.25, 0.3) is 5.56 Å². The minimum Gasteiger partial charge on any atom is -0.384 e. The van der Waals surface area contributed by atoms with Crippen molar-refractivity contribution >= 4 is 22.6 Å². The molecule has 0 fully saturated rings. The molecule has 5 heteroatoms. The molecule has 0 aliphatic heterocycles. The molecule has 1 aromatic rings. The van der Waals surface area contributed by atoms with Gasteiger partial charge in [-0.2, -0.15) is 0 Å². The third-order valence-electron chi connectivity index (χ3n) is 2.43. The van der Waals surface area contributed by atoms with E-state index < -0.39 is 0 Å². The van der Waals surface area contributed by atoms with Crippen LogP contribution >= 0.6 is 22.6 Å². The average molecular weight is 350 g/mol. The minimum absolute atomic E-state index is 0.0470. The Bertz CT molecular complexity index is 429. The molecule has 0 amide bonds. The van der Waals surface area contributed by atoms with Crippen LogP contribution in [0.2, 0.25) is 0 Å². The van der Waals surface area contributed by atoms with E-state index in [-0.39, 0.29) is 11.5 Å². The summed E-state index contributed by atoms with van der Waals surface area (Å²) in [5.74, 6) is 1.31. The van der Waals surface area contributed by atoms with Crippen LogP contribution in [-0.4, -0.2) is 23.7 Å². The Morgan fingerprint density at radius 1 is 1.41 bits per heavy atom. The molecule has 1 aromatic heterocycles. The number of H-pyrrole nitrogens is 1. The van der Waals surface area contributed by atoms with Crippen LogP contribution in [0, 0.1) is 9.49 Å². The molecule has 1 rings (SSSR count). The smallest absolute Gasteiger partial charge is 0.264 e. The number of hydrogen-bond acceptors (Lipinski definition) is 3. The second kappa shape index (κ2) is 6.49. The number of nitrogens with one attached hydrogen (secondary N) is 1. The standard InChI is InChI=1S/C12H19IN2O2/c1-7(2)5-9-10(13)12(16)15-11(14-9)8(3)6-17-4/h7-8H,5-6H2,1-4H3,(H,14,15,16). The Morgan fingerprint density at radius 2 is 2.06 bits per heavy atom. The summed E-state index contributed by atoms with van der Waals surface area (Å²) in [5, 5.41) is 0. The molecule has 1 heterocycles. The van der Waals surface area contributed by atoms with E-state index >= 15 is 0 Å². The van der Waals surface area contributed by atoms with Crippen LogP contribution in [0.1, 0.15) is 38.2 Å². The molecule has 0 spiro atoms. The lowest BCUT2D eigenvalue weighted by molar-refractivity contribution is 0.181. The first-order valence-electron chi connectivity index (χ1n) is 5.73. The molecular formula is C12H19IN2O2. The van der Waals surface area contributed by atoms with Crippen molar-refractivity contribution in [3.05, 3.63) is 25.4 Å². The van der Waals surface area contributed by atoms with Crippen molar-refractivity contribution in [2.75, 3.05) is 13.7 Å². The van der Waals surface area contributed by atoms with Crippen molar-refractivity contribution in [2.24, 2.45) is 5.92 Å².